The Balaban J connectivity index is 1.86. The van der Waals surface area contributed by atoms with Crippen LogP contribution in [0.5, 0.6) is 0 Å². The third-order valence-corrected chi connectivity index (χ3v) is 6.10. The molecule has 0 saturated heterocycles. The standard InChI is InChI=1S/C24H30Cl2N2O5/c1-33-23(31)20(27-21(29)9-4-2-3-5-10-22(30)28-32)16-24(26)13-11-17(12-14-24)18-7-6-8-19(25)15-18/h6-8,11-13,15,20,32H,2-5,9-10,14,16H2,1H3,(H,27,29)(H,28,30). The molecule has 0 saturated carbocycles. The maximum absolute atomic E-state index is 12.4. The van der Waals surface area contributed by atoms with Crippen LogP contribution in [0.3, 0.4) is 0 Å². The highest BCUT2D eigenvalue weighted by atomic mass is 35.5. The van der Waals surface area contributed by atoms with Gasteiger partial charge in [0.2, 0.25) is 11.8 Å². The second kappa shape index (κ2) is 13.4. The van der Waals surface area contributed by atoms with Gasteiger partial charge < -0.3 is 10.1 Å². The number of halogens is 2. The number of hydrogen-bond donors (Lipinski definition) is 3. The number of hydroxylamine groups is 1. The van der Waals surface area contributed by atoms with Gasteiger partial charge in [0, 0.05) is 24.3 Å². The van der Waals surface area contributed by atoms with Gasteiger partial charge in [-0.3, -0.25) is 14.8 Å². The Morgan fingerprint density at radius 1 is 1.15 bits per heavy atom. The Kier molecular flexibility index (Phi) is 10.9. The molecule has 1 aliphatic carbocycles. The van der Waals surface area contributed by atoms with Crippen LogP contribution < -0.4 is 10.8 Å². The van der Waals surface area contributed by atoms with Crippen LogP contribution in [0, 0.1) is 0 Å². The van der Waals surface area contributed by atoms with Crippen LogP contribution in [0.15, 0.2) is 42.5 Å². The molecular weight excluding hydrogens is 467 g/mol. The largest absolute Gasteiger partial charge is 0.467 e. The topological polar surface area (TPSA) is 105 Å². The van der Waals surface area contributed by atoms with Crippen molar-refractivity contribution in [1.82, 2.24) is 10.8 Å². The minimum Gasteiger partial charge on any atom is -0.467 e. The fraction of sp³-hybridized carbons (Fsp3) is 0.458. The first kappa shape index (κ1) is 26.9. The molecule has 2 atom stereocenters. The number of alkyl halides is 1. The lowest BCUT2D eigenvalue weighted by Crippen LogP contribution is -2.45. The average Bonchev–Trinajstić information content (AvgIpc) is 2.80. The van der Waals surface area contributed by atoms with Gasteiger partial charge in [0.15, 0.2) is 0 Å². The summed E-state index contributed by atoms with van der Waals surface area (Å²) in [6.07, 6.45) is 9.68. The van der Waals surface area contributed by atoms with E-state index in [1.807, 2.05) is 42.5 Å². The number of rotatable bonds is 12. The van der Waals surface area contributed by atoms with Crippen molar-refractivity contribution in [2.45, 2.75) is 62.3 Å². The number of allylic oxidation sites excluding steroid dienone is 4. The summed E-state index contributed by atoms with van der Waals surface area (Å²) in [7, 11) is 1.28. The zero-order valence-electron chi connectivity index (χ0n) is 18.6. The molecule has 9 heteroatoms. The summed E-state index contributed by atoms with van der Waals surface area (Å²) >= 11 is 12.8. The number of hydrogen-bond acceptors (Lipinski definition) is 5. The van der Waals surface area contributed by atoms with Crippen LogP contribution in [0.1, 0.15) is 56.9 Å². The summed E-state index contributed by atoms with van der Waals surface area (Å²) in [6, 6.07) is 6.66. The lowest BCUT2D eigenvalue weighted by Gasteiger charge is -2.29. The SMILES string of the molecule is COC(=O)C(CC1(Cl)C=CC(c2cccc(Cl)c2)=CC1)NC(=O)CCCCCCC(=O)NO. The summed E-state index contributed by atoms with van der Waals surface area (Å²) in [5, 5.41) is 11.8. The second-order valence-corrected chi connectivity index (χ2v) is 9.23. The molecule has 0 radical (unpaired) electrons. The zero-order valence-corrected chi connectivity index (χ0v) is 20.1. The van der Waals surface area contributed by atoms with E-state index in [9.17, 15) is 14.4 Å². The molecule has 3 N–H and O–H groups in total. The van der Waals surface area contributed by atoms with E-state index in [0.717, 1.165) is 24.0 Å². The van der Waals surface area contributed by atoms with Crippen molar-refractivity contribution in [3.8, 4) is 0 Å². The van der Waals surface area contributed by atoms with Gasteiger partial charge in [0.1, 0.15) is 6.04 Å². The van der Waals surface area contributed by atoms with Crippen molar-refractivity contribution in [1.29, 1.82) is 0 Å². The molecule has 0 heterocycles. The maximum Gasteiger partial charge on any atom is 0.328 e. The van der Waals surface area contributed by atoms with Gasteiger partial charge in [-0.25, -0.2) is 10.3 Å². The maximum atomic E-state index is 12.4. The fourth-order valence-electron chi connectivity index (χ4n) is 3.61. The molecule has 0 aliphatic heterocycles. The summed E-state index contributed by atoms with van der Waals surface area (Å²) in [5.41, 5.74) is 3.56. The Morgan fingerprint density at radius 3 is 2.42 bits per heavy atom. The van der Waals surface area contributed by atoms with Gasteiger partial charge in [0.25, 0.3) is 0 Å². The number of carbonyl (C=O) groups is 3. The van der Waals surface area contributed by atoms with Crippen LogP contribution in [-0.2, 0) is 19.1 Å². The lowest BCUT2D eigenvalue weighted by atomic mass is 9.88. The van der Waals surface area contributed by atoms with Gasteiger partial charge in [-0.1, -0.05) is 54.8 Å². The quantitative estimate of drug-likeness (QED) is 0.129. The number of carbonyl (C=O) groups excluding carboxylic acids is 3. The Labute approximate surface area is 204 Å². The second-order valence-electron chi connectivity index (χ2n) is 8.04. The summed E-state index contributed by atoms with van der Waals surface area (Å²) in [5.74, 6) is -1.22. The van der Waals surface area contributed by atoms with Crippen molar-refractivity contribution in [2.24, 2.45) is 0 Å². The molecule has 2 rings (SSSR count). The van der Waals surface area contributed by atoms with E-state index >= 15 is 0 Å². The molecule has 0 spiro atoms. The van der Waals surface area contributed by atoms with Gasteiger partial charge in [-0.15, -0.1) is 11.6 Å². The number of nitrogens with one attached hydrogen (secondary N) is 2. The molecule has 1 aromatic carbocycles. The molecule has 33 heavy (non-hydrogen) atoms. The predicted octanol–water partition coefficient (Wildman–Crippen LogP) is 4.55. The van der Waals surface area contributed by atoms with Gasteiger partial charge in [-0.05, 0) is 42.5 Å². The normalized spacial score (nSPS) is 18.2. The van der Waals surface area contributed by atoms with Crippen LogP contribution in [-0.4, -0.2) is 41.0 Å². The first-order valence-electron chi connectivity index (χ1n) is 10.9. The van der Waals surface area contributed by atoms with Gasteiger partial charge >= 0.3 is 5.97 Å². The molecule has 180 valence electrons. The van der Waals surface area contributed by atoms with Gasteiger partial charge in [-0.2, -0.15) is 0 Å². The monoisotopic (exact) mass is 496 g/mol. The molecule has 0 fully saturated rings. The molecule has 0 bridgehead atoms. The average molecular weight is 497 g/mol. The first-order valence-corrected chi connectivity index (χ1v) is 11.7. The molecule has 1 aliphatic rings. The molecule has 0 aromatic heterocycles. The Morgan fingerprint density at radius 2 is 1.85 bits per heavy atom. The molecule has 2 amide bonds. The van der Waals surface area contributed by atoms with Crippen molar-refractivity contribution in [2.75, 3.05) is 7.11 Å². The Hall–Kier alpha value is -2.35. The molecular formula is C24H30Cl2N2O5. The van der Waals surface area contributed by atoms with E-state index in [-0.39, 0.29) is 25.2 Å². The highest BCUT2D eigenvalue weighted by Gasteiger charge is 2.34. The number of benzene rings is 1. The van der Waals surface area contributed by atoms with Crippen molar-refractivity contribution in [3.05, 3.63) is 53.1 Å². The number of methoxy groups -OCH3 is 1. The van der Waals surface area contributed by atoms with Crippen molar-refractivity contribution < 1.29 is 24.3 Å². The number of unbranched alkanes of at least 4 members (excludes halogenated alkanes) is 3. The third kappa shape index (κ3) is 9.20. The van der Waals surface area contributed by atoms with Crippen LogP contribution in [0.2, 0.25) is 5.02 Å². The number of esters is 1. The highest BCUT2D eigenvalue weighted by Crippen LogP contribution is 2.35. The van der Waals surface area contributed by atoms with E-state index in [1.54, 1.807) is 5.48 Å². The predicted molar refractivity (Wildman–Crippen MR) is 128 cm³/mol. The summed E-state index contributed by atoms with van der Waals surface area (Å²) < 4.78 is 4.87. The Bertz CT molecular complexity index is 903. The molecule has 2 unspecified atom stereocenters. The van der Waals surface area contributed by atoms with Crippen molar-refractivity contribution >= 4 is 46.6 Å². The first-order chi connectivity index (χ1) is 15.8. The zero-order chi connectivity index (χ0) is 24.3. The van der Waals surface area contributed by atoms with E-state index < -0.39 is 22.8 Å². The molecule has 1 aromatic rings. The smallest absolute Gasteiger partial charge is 0.328 e. The molecule has 7 nitrogen and oxygen atoms in total. The summed E-state index contributed by atoms with van der Waals surface area (Å²) in [6.45, 7) is 0. The fourth-order valence-corrected chi connectivity index (χ4v) is 4.10. The van der Waals surface area contributed by atoms with Crippen LogP contribution >= 0.6 is 23.2 Å². The van der Waals surface area contributed by atoms with E-state index in [1.165, 1.54) is 7.11 Å². The lowest BCUT2D eigenvalue weighted by molar-refractivity contribution is -0.145. The van der Waals surface area contributed by atoms with E-state index in [0.29, 0.717) is 24.3 Å². The minimum atomic E-state index is -0.862. The van der Waals surface area contributed by atoms with E-state index in [4.69, 9.17) is 33.1 Å². The van der Waals surface area contributed by atoms with E-state index in [2.05, 4.69) is 5.32 Å². The highest BCUT2D eigenvalue weighted by molar-refractivity contribution is 6.30. The third-order valence-electron chi connectivity index (χ3n) is 5.43. The van der Waals surface area contributed by atoms with Crippen LogP contribution in [0.4, 0.5) is 0 Å². The summed E-state index contributed by atoms with van der Waals surface area (Å²) in [4.78, 5) is 34.8. The van der Waals surface area contributed by atoms with Gasteiger partial charge in [0.05, 0.1) is 12.0 Å². The minimum absolute atomic E-state index is 0.194. The number of ether oxygens (including phenoxy) is 1. The number of amides is 2. The van der Waals surface area contributed by atoms with Crippen LogP contribution in [0.25, 0.3) is 5.57 Å². The van der Waals surface area contributed by atoms with Crippen molar-refractivity contribution in [3.63, 3.8) is 0 Å².